The Kier molecular flexibility index (Phi) is 3.28. The summed E-state index contributed by atoms with van der Waals surface area (Å²) in [6.45, 7) is 2.33. The van der Waals surface area contributed by atoms with E-state index < -0.39 is 5.60 Å². The van der Waals surface area contributed by atoms with Crippen molar-refractivity contribution in [3.8, 4) is 0 Å². The molecule has 2 rings (SSSR count). The zero-order valence-corrected chi connectivity index (χ0v) is 9.56. The van der Waals surface area contributed by atoms with E-state index in [0.717, 1.165) is 18.4 Å². The molecule has 0 radical (unpaired) electrons. The van der Waals surface area contributed by atoms with Crippen LogP contribution in [-0.4, -0.2) is 28.9 Å². The third-order valence-corrected chi connectivity index (χ3v) is 3.24. The molecule has 0 heterocycles. The van der Waals surface area contributed by atoms with E-state index in [4.69, 9.17) is 5.11 Å². The molecule has 3 N–H and O–H groups in total. The van der Waals surface area contributed by atoms with Crippen LogP contribution < -0.4 is 5.32 Å². The molecule has 1 fully saturated rings. The summed E-state index contributed by atoms with van der Waals surface area (Å²) >= 11 is 0. The van der Waals surface area contributed by atoms with Crippen LogP contribution in [0.1, 0.15) is 25.3 Å². The lowest BCUT2D eigenvalue weighted by molar-refractivity contribution is 0.0255. The second-order valence-electron chi connectivity index (χ2n) is 4.84. The van der Waals surface area contributed by atoms with Gasteiger partial charge >= 0.3 is 0 Å². The van der Waals surface area contributed by atoms with E-state index in [2.05, 4.69) is 5.32 Å². The molecule has 1 saturated carbocycles. The zero-order chi connectivity index (χ0) is 11.6. The van der Waals surface area contributed by atoms with Gasteiger partial charge in [0.25, 0.3) is 0 Å². The Bertz CT molecular complexity index is 331. The van der Waals surface area contributed by atoms with Crippen molar-refractivity contribution in [3.63, 3.8) is 0 Å². The van der Waals surface area contributed by atoms with Gasteiger partial charge in [-0.05, 0) is 25.3 Å². The predicted octanol–water partition coefficient (Wildman–Crippen LogP) is 1.01. The van der Waals surface area contributed by atoms with Gasteiger partial charge in [-0.15, -0.1) is 0 Å². The van der Waals surface area contributed by atoms with Crippen LogP contribution in [-0.2, 0) is 5.60 Å². The minimum atomic E-state index is -0.845. The monoisotopic (exact) mass is 221 g/mol. The van der Waals surface area contributed by atoms with Crippen molar-refractivity contribution in [2.75, 3.05) is 6.54 Å². The lowest BCUT2D eigenvalue weighted by Gasteiger charge is -2.35. The zero-order valence-electron chi connectivity index (χ0n) is 9.56. The first-order valence-corrected chi connectivity index (χ1v) is 5.77. The molecule has 0 saturated heterocycles. The molecule has 1 atom stereocenters. The summed E-state index contributed by atoms with van der Waals surface area (Å²) in [7, 11) is 0. The predicted molar refractivity (Wildman–Crippen MR) is 63.0 cm³/mol. The van der Waals surface area contributed by atoms with Crippen molar-refractivity contribution in [1.29, 1.82) is 0 Å². The van der Waals surface area contributed by atoms with Gasteiger partial charge in [0, 0.05) is 12.6 Å². The molecule has 16 heavy (non-hydrogen) atoms. The summed E-state index contributed by atoms with van der Waals surface area (Å²) in [5.74, 6) is 0. The van der Waals surface area contributed by atoms with Crippen LogP contribution >= 0.6 is 0 Å². The molecule has 0 spiro atoms. The van der Waals surface area contributed by atoms with Gasteiger partial charge in [-0.3, -0.25) is 0 Å². The highest BCUT2D eigenvalue weighted by Gasteiger charge is 2.30. The van der Waals surface area contributed by atoms with Crippen molar-refractivity contribution in [1.82, 2.24) is 5.32 Å². The third-order valence-electron chi connectivity index (χ3n) is 3.24. The van der Waals surface area contributed by atoms with Gasteiger partial charge in [0.15, 0.2) is 0 Å². The second-order valence-corrected chi connectivity index (χ2v) is 4.84. The molecule has 0 bridgehead atoms. The molecule has 0 aromatic heterocycles. The van der Waals surface area contributed by atoms with Gasteiger partial charge < -0.3 is 15.5 Å². The molecule has 3 nitrogen and oxygen atoms in total. The summed E-state index contributed by atoms with van der Waals surface area (Å²) in [5, 5.41) is 22.7. The Labute approximate surface area is 96.1 Å². The second kappa shape index (κ2) is 4.53. The number of hydrogen-bond donors (Lipinski definition) is 3. The maximum Gasteiger partial charge on any atom is 0.0992 e. The van der Waals surface area contributed by atoms with Crippen LogP contribution in [0.25, 0.3) is 0 Å². The van der Waals surface area contributed by atoms with Crippen LogP contribution in [0.15, 0.2) is 30.3 Å². The molecule has 1 aliphatic carbocycles. The standard InChI is InChI=1S/C13H19NO2/c1-13(16,10-5-3-2-4-6-10)9-14-11-7-12(15)8-11/h2-6,11-12,14-16H,7-9H2,1H3. The Morgan fingerprint density at radius 1 is 1.31 bits per heavy atom. The fourth-order valence-electron chi connectivity index (χ4n) is 2.00. The van der Waals surface area contributed by atoms with Gasteiger partial charge in [-0.2, -0.15) is 0 Å². The van der Waals surface area contributed by atoms with Gasteiger partial charge in [-0.1, -0.05) is 30.3 Å². The van der Waals surface area contributed by atoms with Crippen molar-refractivity contribution in [3.05, 3.63) is 35.9 Å². The molecule has 3 heteroatoms. The van der Waals surface area contributed by atoms with E-state index in [9.17, 15) is 5.11 Å². The summed E-state index contributed by atoms with van der Waals surface area (Å²) in [6, 6.07) is 10.0. The fourth-order valence-corrected chi connectivity index (χ4v) is 2.00. The lowest BCUT2D eigenvalue weighted by atomic mass is 9.88. The molecular formula is C13H19NO2. The van der Waals surface area contributed by atoms with Gasteiger partial charge in [0.2, 0.25) is 0 Å². The SMILES string of the molecule is CC(O)(CNC1CC(O)C1)c1ccccc1. The molecule has 0 amide bonds. The molecular weight excluding hydrogens is 202 g/mol. The summed E-state index contributed by atoms with van der Waals surface area (Å²) in [6.07, 6.45) is 1.44. The number of aliphatic hydroxyl groups excluding tert-OH is 1. The number of hydrogen-bond acceptors (Lipinski definition) is 3. The quantitative estimate of drug-likeness (QED) is 0.711. The highest BCUT2D eigenvalue weighted by atomic mass is 16.3. The first-order chi connectivity index (χ1) is 7.58. The molecule has 88 valence electrons. The van der Waals surface area contributed by atoms with Crippen LogP contribution in [0.2, 0.25) is 0 Å². The molecule has 0 aliphatic heterocycles. The minimum absolute atomic E-state index is 0.154. The fraction of sp³-hybridized carbons (Fsp3) is 0.538. The summed E-state index contributed by atoms with van der Waals surface area (Å²) in [4.78, 5) is 0. The number of nitrogens with one attached hydrogen (secondary N) is 1. The largest absolute Gasteiger partial charge is 0.393 e. The summed E-state index contributed by atoms with van der Waals surface area (Å²) < 4.78 is 0. The van der Waals surface area contributed by atoms with Crippen molar-refractivity contribution >= 4 is 0 Å². The van der Waals surface area contributed by atoms with E-state index in [1.807, 2.05) is 37.3 Å². The highest BCUT2D eigenvalue weighted by molar-refractivity contribution is 5.21. The minimum Gasteiger partial charge on any atom is -0.393 e. The number of rotatable bonds is 4. The van der Waals surface area contributed by atoms with Gasteiger partial charge in [0.05, 0.1) is 11.7 Å². The van der Waals surface area contributed by atoms with E-state index in [1.54, 1.807) is 0 Å². The van der Waals surface area contributed by atoms with Crippen LogP contribution in [0.3, 0.4) is 0 Å². The average molecular weight is 221 g/mol. The van der Waals surface area contributed by atoms with E-state index in [-0.39, 0.29) is 6.10 Å². The third kappa shape index (κ3) is 2.61. The van der Waals surface area contributed by atoms with E-state index in [1.165, 1.54) is 0 Å². The van der Waals surface area contributed by atoms with Crippen molar-refractivity contribution in [2.24, 2.45) is 0 Å². The maximum absolute atomic E-state index is 10.3. The van der Waals surface area contributed by atoms with E-state index >= 15 is 0 Å². The van der Waals surface area contributed by atoms with Crippen molar-refractivity contribution < 1.29 is 10.2 Å². The first kappa shape index (κ1) is 11.6. The molecule has 1 unspecified atom stereocenters. The van der Waals surface area contributed by atoms with Crippen LogP contribution in [0.5, 0.6) is 0 Å². The lowest BCUT2D eigenvalue weighted by Crippen LogP contribution is -2.48. The van der Waals surface area contributed by atoms with Crippen molar-refractivity contribution in [2.45, 2.75) is 37.5 Å². The van der Waals surface area contributed by atoms with Crippen LogP contribution in [0.4, 0.5) is 0 Å². The molecule has 1 aliphatic rings. The Hall–Kier alpha value is -0.900. The number of benzene rings is 1. The maximum atomic E-state index is 10.3. The Morgan fingerprint density at radius 2 is 1.94 bits per heavy atom. The number of aliphatic hydroxyl groups is 2. The first-order valence-electron chi connectivity index (χ1n) is 5.77. The average Bonchev–Trinajstić information content (AvgIpc) is 2.24. The van der Waals surface area contributed by atoms with E-state index in [0.29, 0.717) is 12.6 Å². The Balaban J connectivity index is 1.88. The smallest absolute Gasteiger partial charge is 0.0992 e. The van der Waals surface area contributed by atoms with Gasteiger partial charge in [-0.25, -0.2) is 0 Å². The van der Waals surface area contributed by atoms with Gasteiger partial charge in [0.1, 0.15) is 0 Å². The summed E-state index contributed by atoms with van der Waals surface area (Å²) in [5.41, 5.74) is 0.0734. The van der Waals surface area contributed by atoms with Crippen LogP contribution in [0, 0.1) is 0 Å². The molecule has 1 aromatic rings. The topological polar surface area (TPSA) is 52.5 Å². The Morgan fingerprint density at radius 3 is 2.50 bits per heavy atom. The molecule has 1 aromatic carbocycles. The normalized spacial score (nSPS) is 28.2. The highest BCUT2D eigenvalue weighted by Crippen LogP contribution is 2.23.